The first-order valence-corrected chi connectivity index (χ1v) is 7.71. The molecule has 134 valence electrons. The first-order chi connectivity index (χ1) is 12.4. The van der Waals surface area contributed by atoms with Gasteiger partial charge in [-0.05, 0) is 17.7 Å². The van der Waals surface area contributed by atoms with E-state index in [2.05, 4.69) is 15.2 Å². The van der Waals surface area contributed by atoms with Gasteiger partial charge in [0.15, 0.2) is 0 Å². The predicted molar refractivity (Wildman–Crippen MR) is 93.5 cm³/mol. The first kappa shape index (κ1) is 17.2. The van der Waals surface area contributed by atoms with E-state index in [1.165, 1.54) is 48.6 Å². The highest BCUT2D eigenvalue weighted by Gasteiger charge is 2.53. The molecule has 0 aliphatic carbocycles. The Balaban J connectivity index is 1.61. The van der Waals surface area contributed by atoms with Gasteiger partial charge < -0.3 is 5.11 Å². The zero-order chi connectivity index (χ0) is 18.8. The summed E-state index contributed by atoms with van der Waals surface area (Å²) in [5, 5.41) is 13.2. The molecular weight excluding hydrogens is 340 g/mol. The number of aromatic hydroxyl groups is 1. The van der Waals surface area contributed by atoms with Crippen LogP contribution in [0.15, 0.2) is 29.4 Å². The molecule has 1 fully saturated rings. The Morgan fingerprint density at radius 2 is 2.12 bits per heavy atom. The lowest BCUT2D eigenvalue weighted by atomic mass is 10.1. The summed E-state index contributed by atoms with van der Waals surface area (Å²) in [6, 6.07) is 5.10. The van der Waals surface area contributed by atoms with E-state index < -0.39 is 23.9 Å². The molecule has 1 unspecified atom stereocenters. The number of hydrazone groups is 1. The number of carbonyl (C=O) groups is 3. The van der Waals surface area contributed by atoms with Crippen LogP contribution in [0.3, 0.4) is 0 Å². The minimum Gasteiger partial charge on any atom is -0.508 e. The third kappa shape index (κ3) is 3.13. The molecule has 2 aliphatic heterocycles. The third-order valence-electron chi connectivity index (χ3n) is 4.00. The molecular formula is C16H17N6O4+. The van der Waals surface area contributed by atoms with Crippen LogP contribution >= 0.6 is 0 Å². The highest BCUT2D eigenvalue weighted by atomic mass is 16.3. The number of benzene rings is 1. The smallest absolute Gasteiger partial charge is 0.389 e. The van der Waals surface area contributed by atoms with Crippen molar-refractivity contribution in [3.8, 4) is 5.75 Å². The van der Waals surface area contributed by atoms with Crippen molar-refractivity contribution < 1.29 is 19.5 Å². The van der Waals surface area contributed by atoms with Crippen molar-refractivity contribution in [2.75, 3.05) is 20.6 Å². The number of rotatable bonds is 4. The zero-order valence-corrected chi connectivity index (χ0v) is 14.2. The maximum Gasteiger partial charge on any atom is 0.389 e. The molecule has 10 nitrogen and oxygen atoms in total. The number of imide groups is 1. The molecule has 0 bridgehead atoms. The van der Waals surface area contributed by atoms with Crippen molar-refractivity contribution in [2.24, 2.45) is 5.10 Å². The maximum atomic E-state index is 12.3. The van der Waals surface area contributed by atoms with Gasteiger partial charge >= 0.3 is 11.9 Å². The van der Waals surface area contributed by atoms with E-state index in [4.69, 9.17) is 0 Å². The quantitative estimate of drug-likeness (QED) is 0.388. The van der Waals surface area contributed by atoms with Crippen molar-refractivity contribution in [2.45, 2.75) is 6.04 Å². The summed E-state index contributed by atoms with van der Waals surface area (Å²) < 4.78 is 4.08. The second-order valence-corrected chi connectivity index (χ2v) is 5.80. The minimum atomic E-state index is -0.816. The van der Waals surface area contributed by atoms with Crippen molar-refractivity contribution in [3.05, 3.63) is 29.8 Å². The monoisotopic (exact) mass is 357 g/mol. The van der Waals surface area contributed by atoms with Crippen molar-refractivity contribution >= 4 is 36.2 Å². The fourth-order valence-electron chi connectivity index (χ4n) is 2.66. The normalized spacial score (nSPS) is 19.2. The summed E-state index contributed by atoms with van der Waals surface area (Å²) in [5.41, 5.74) is 2.97. The van der Waals surface area contributed by atoms with Crippen LogP contribution in [0.1, 0.15) is 5.56 Å². The van der Waals surface area contributed by atoms with Gasteiger partial charge in [0.25, 0.3) is 24.2 Å². The maximum absolute atomic E-state index is 12.3. The van der Waals surface area contributed by atoms with Crippen LogP contribution < -0.4 is 10.1 Å². The van der Waals surface area contributed by atoms with E-state index in [-0.39, 0.29) is 18.1 Å². The Labute approximate surface area is 148 Å². The summed E-state index contributed by atoms with van der Waals surface area (Å²) in [7, 11) is 2.90. The molecule has 3 rings (SSSR count). The van der Waals surface area contributed by atoms with Crippen LogP contribution in [-0.2, 0) is 9.59 Å². The molecule has 0 aromatic heterocycles. The molecule has 1 atom stereocenters. The molecule has 0 radical (unpaired) electrons. The SMILES string of the molecule is CN1C(=O)C2C(=[N+]=CN2CC(=O)N/N=C/c2cccc(O)c2)N(C)C1=O. The lowest BCUT2D eigenvalue weighted by Gasteiger charge is -2.29. The molecule has 1 saturated heterocycles. The largest absolute Gasteiger partial charge is 0.508 e. The molecule has 1 aromatic carbocycles. The number of fused-ring (bicyclic) bond motifs is 1. The highest BCUT2D eigenvalue weighted by Crippen LogP contribution is 2.15. The highest BCUT2D eigenvalue weighted by molar-refractivity contribution is 6.22. The molecule has 0 saturated carbocycles. The second-order valence-electron chi connectivity index (χ2n) is 5.80. The number of amides is 4. The standard InChI is InChI=1S/C16H16N6O4/c1-20-14-13(15(25)21(2)16(20)26)22(9-17-14)8-12(24)19-18-7-10-4-3-5-11(23)6-10/h3-7,9,13H,8H2,1-2H3,(H-,19,23,24)/p+1/b18-7+. The van der Waals surface area contributed by atoms with Gasteiger partial charge in [-0.1, -0.05) is 12.1 Å². The summed E-state index contributed by atoms with van der Waals surface area (Å²) in [6.45, 7) is -0.156. The van der Waals surface area contributed by atoms with Crippen LogP contribution in [0.4, 0.5) is 4.79 Å². The molecule has 4 amide bonds. The van der Waals surface area contributed by atoms with Crippen molar-refractivity contribution in [1.82, 2.24) is 24.8 Å². The molecule has 10 heteroatoms. The van der Waals surface area contributed by atoms with E-state index in [1.54, 1.807) is 12.1 Å². The van der Waals surface area contributed by atoms with Crippen molar-refractivity contribution in [3.63, 3.8) is 0 Å². The summed E-state index contributed by atoms with van der Waals surface area (Å²) >= 11 is 0. The second kappa shape index (κ2) is 6.69. The molecule has 2 heterocycles. The van der Waals surface area contributed by atoms with Crippen molar-refractivity contribution in [1.29, 1.82) is 0 Å². The van der Waals surface area contributed by atoms with Gasteiger partial charge in [0.2, 0.25) is 0 Å². The van der Waals surface area contributed by atoms with Gasteiger partial charge in [0, 0.05) is 7.05 Å². The van der Waals surface area contributed by atoms with Gasteiger partial charge in [-0.15, -0.1) is 0 Å². The lowest BCUT2D eigenvalue weighted by molar-refractivity contribution is -0.131. The van der Waals surface area contributed by atoms with E-state index >= 15 is 0 Å². The Morgan fingerprint density at radius 3 is 2.85 bits per heavy atom. The number of likely N-dealkylation sites (N-methyl/N-ethyl adjacent to an activating group) is 2. The fourth-order valence-corrected chi connectivity index (χ4v) is 2.66. The number of phenolic OH excluding ortho intramolecular Hbond substituents is 1. The number of amidine groups is 1. The number of nitrogens with zero attached hydrogens (tertiary/aromatic N) is 5. The Morgan fingerprint density at radius 1 is 1.35 bits per heavy atom. The number of phenols is 1. The van der Waals surface area contributed by atoms with E-state index in [0.29, 0.717) is 5.56 Å². The lowest BCUT2D eigenvalue weighted by Crippen LogP contribution is -2.63. The minimum absolute atomic E-state index is 0.0928. The van der Waals surface area contributed by atoms with Gasteiger partial charge in [0.1, 0.15) is 12.3 Å². The van der Waals surface area contributed by atoms with Crippen LogP contribution in [0, 0.1) is 0 Å². The molecule has 1 aromatic rings. The first-order valence-electron chi connectivity index (χ1n) is 7.71. The average molecular weight is 357 g/mol. The van der Waals surface area contributed by atoms with E-state index in [9.17, 15) is 19.5 Å². The number of hydrogen-bond acceptors (Lipinski definition) is 6. The van der Waals surface area contributed by atoms with E-state index in [0.717, 1.165) is 4.90 Å². The summed E-state index contributed by atoms with van der Waals surface area (Å²) in [6.07, 6.45) is 2.75. The molecule has 2 N–H and O–H groups in total. The number of carbonyl (C=O) groups excluding carboxylic acids is 3. The topological polar surface area (TPSA) is 120 Å². The fraction of sp³-hybridized carbons (Fsp3) is 0.250. The molecule has 2 aliphatic rings. The third-order valence-corrected chi connectivity index (χ3v) is 4.00. The van der Waals surface area contributed by atoms with Crippen LogP contribution in [0.25, 0.3) is 0 Å². The van der Waals surface area contributed by atoms with Gasteiger partial charge in [-0.3, -0.25) is 19.4 Å². The number of hydrogen-bond donors (Lipinski definition) is 2. The summed E-state index contributed by atoms with van der Waals surface area (Å²) in [4.78, 5) is 40.0. The zero-order valence-electron chi connectivity index (χ0n) is 14.2. The van der Waals surface area contributed by atoms with Gasteiger partial charge in [0.05, 0.1) is 13.3 Å². The number of nitrogens with one attached hydrogen (secondary N) is 1. The Bertz CT molecular complexity index is 873. The predicted octanol–water partition coefficient (Wildman–Crippen LogP) is -1.46. The summed E-state index contributed by atoms with van der Waals surface area (Å²) in [5.74, 6) is -0.523. The van der Waals surface area contributed by atoms with Gasteiger partial charge in [-0.25, -0.2) is 14.9 Å². The molecule has 0 spiro atoms. The van der Waals surface area contributed by atoms with Crippen LogP contribution in [-0.4, -0.2) is 82.7 Å². The number of urea groups is 1. The van der Waals surface area contributed by atoms with Gasteiger partial charge in [-0.2, -0.15) is 10.0 Å². The molecule has 26 heavy (non-hydrogen) atoms. The van der Waals surface area contributed by atoms with Crippen LogP contribution in [0.5, 0.6) is 5.75 Å². The van der Waals surface area contributed by atoms with Crippen LogP contribution in [0.2, 0.25) is 0 Å². The average Bonchev–Trinajstić information content (AvgIpc) is 3.02. The van der Waals surface area contributed by atoms with E-state index in [1.807, 2.05) is 0 Å². The Hall–Kier alpha value is -3.65. The Kier molecular flexibility index (Phi) is 4.42.